The minimum atomic E-state index is -5.59. The molecule has 2 aliphatic rings. The van der Waals surface area contributed by atoms with Crippen LogP contribution < -0.4 is 0 Å². The van der Waals surface area contributed by atoms with E-state index >= 15 is 0 Å². The van der Waals surface area contributed by atoms with Crippen molar-refractivity contribution in [1.82, 2.24) is 0 Å². The minimum Gasteiger partial charge on any atom is -0.384 e. The number of alkyl halides is 6. The van der Waals surface area contributed by atoms with E-state index < -0.39 is 23.8 Å². The first-order chi connectivity index (χ1) is 14.1. The van der Waals surface area contributed by atoms with Gasteiger partial charge in [0.15, 0.2) is 0 Å². The molecule has 1 unspecified atom stereocenters. The molecule has 7 heteroatoms. The molecule has 2 aliphatic carbocycles. The molecule has 1 nitrogen and oxygen atoms in total. The fourth-order valence-electron chi connectivity index (χ4n) is 5.32. The molecule has 1 aromatic rings. The molecule has 0 N–H and O–H groups in total. The lowest BCUT2D eigenvalue weighted by Gasteiger charge is -2.38. The summed E-state index contributed by atoms with van der Waals surface area (Å²) >= 11 is 0. The van der Waals surface area contributed by atoms with Crippen LogP contribution in [0.25, 0.3) is 0 Å². The van der Waals surface area contributed by atoms with E-state index in [0.717, 1.165) is 55.9 Å². The third-order valence-corrected chi connectivity index (χ3v) is 7.10. The third kappa shape index (κ3) is 5.32. The van der Waals surface area contributed by atoms with E-state index in [1.165, 1.54) is 37.8 Å². The molecule has 0 aromatic heterocycles. The molecule has 0 radical (unpaired) electrons. The molecular formula is C23H30F6O. The molecule has 1 aromatic carbocycles. The second-order valence-electron chi connectivity index (χ2n) is 9.00. The summed E-state index contributed by atoms with van der Waals surface area (Å²) < 4.78 is 83.4. The van der Waals surface area contributed by atoms with Crippen LogP contribution in [0.3, 0.4) is 0 Å². The number of hydrogen-bond acceptors (Lipinski definition) is 1. The molecule has 2 fully saturated rings. The number of halogens is 6. The van der Waals surface area contributed by atoms with Crippen LogP contribution >= 0.6 is 0 Å². The lowest BCUT2D eigenvalue weighted by molar-refractivity contribution is -0.248. The third-order valence-electron chi connectivity index (χ3n) is 7.10. The number of ether oxygens (including phenoxy) is 1. The van der Waals surface area contributed by atoms with Gasteiger partial charge in [0.2, 0.25) is 0 Å². The lowest BCUT2D eigenvalue weighted by Crippen LogP contribution is -2.39. The highest BCUT2D eigenvalue weighted by atomic mass is 19.4. The number of benzene rings is 1. The summed E-state index contributed by atoms with van der Waals surface area (Å²) in [4.78, 5) is 0. The van der Waals surface area contributed by atoms with Crippen LogP contribution in [0.5, 0.6) is 0 Å². The van der Waals surface area contributed by atoms with Crippen molar-refractivity contribution in [2.24, 2.45) is 17.8 Å². The van der Waals surface area contributed by atoms with E-state index in [-0.39, 0.29) is 5.92 Å². The molecule has 0 spiro atoms. The highest BCUT2D eigenvalue weighted by Gasteiger charge is 2.57. The van der Waals surface area contributed by atoms with Crippen LogP contribution in [0.15, 0.2) is 24.3 Å². The summed E-state index contributed by atoms with van der Waals surface area (Å²) in [6.45, 7) is 0.834. The number of rotatable bonds is 6. The van der Waals surface area contributed by atoms with E-state index in [1.807, 2.05) is 0 Å². The highest BCUT2D eigenvalue weighted by molar-refractivity contribution is 5.29. The Bertz CT molecular complexity index is 655. The standard InChI is InChI=1S/C23H30F6O/c1-30-14-15-2-4-16(5-3-15)17-6-8-18(9-7-17)19-10-12-20(13-11-19)22(25,26)21(24)23(27,28)29/h10-13,15-18,21H,2-9,14H2,1H3. The second kappa shape index (κ2) is 9.49. The van der Waals surface area contributed by atoms with Gasteiger partial charge in [-0.05, 0) is 80.6 Å². The van der Waals surface area contributed by atoms with E-state index in [4.69, 9.17) is 4.74 Å². The molecule has 3 rings (SSSR count). The first kappa shape index (κ1) is 23.4. The van der Waals surface area contributed by atoms with Gasteiger partial charge in [-0.15, -0.1) is 0 Å². The van der Waals surface area contributed by atoms with Gasteiger partial charge in [0, 0.05) is 19.3 Å². The Labute approximate surface area is 174 Å². The fraction of sp³-hybridized carbons (Fsp3) is 0.739. The van der Waals surface area contributed by atoms with Gasteiger partial charge in [0.25, 0.3) is 6.17 Å². The number of hydrogen-bond donors (Lipinski definition) is 0. The average Bonchev–Trinajstić information content (AvgIpc) is 2.73. The zero-order valence-electron chi connectivity index (χ0n) is 17.2. The van der Waals surface area contributed by atoms with E-state index in [9.17, 15) is 26.3 Å². The average molecular weight is 436 g/mol. The Morgan fingerprint density at radius 1 is 0.833 bits per heavy atom. The summed E-state index contributed by atoms with van der Waals surface area (Å²) in [5, 5.41) is 0. The Balaban J connectivity index is 1.54. The normalized spacial score (nSPS) is 29.6. The summed E-state index contributed by atoms with van der Waals surface area (Å²) in [5.74, 6) is -2.27. The maximum absolute atomic E-state index is 13.8. The largest absolute Gasteiger partial charge is 0.426 e. The monoisotopic (exact) mass is 436 g/mol. The van der Waals surface area contributed by atoms with Gasteiger partial charge in [-0.25, -0.2) is 4.39 Å². The van der Waals surface area contributed by atoms with Gasteiger partial charge in [-0.2, -0.15) is 22.0 Å². The summed E-state index contributed by atoms with van der Waals surface area (Å²) in [6, 6.07) is 4.76. The van der Waals surface area contributed by atoms with Crippen molar-refractivity contribution in [3.05, 3.63) is 35.4 Å². The molecule has 0 aliphatic heterocycles. The van der Waals surface area contributed by atoms with E-state index in [2.05, 4.69) is 0 Å². The summed E-state index contributed by atoms with van der Waals surface area (Å²) in [6.07, 6.45) is -0.837. The first-order valence-corrected chi connectivity index (χ1v) is 10.8. The van der Waals surface area contributed by atoms with Crippen molar-refractivity contribution >= 4 is 0 Å². The van der Waals surface area contributed by atoms with Crippen molar-refractivity contribution in [1.29, 1.82) is 0 Å². The zero-order chi connectivity index (χ0) is 21.9. The SMILES string of the molecule is COCC1CCC(C2CCC(c3ccc(C(F)(F)C(F)C(F)(F)F)cc3)CC2)CC1. The van der Waals surface area contributed by atoms with Gasteiger partial charge < -0.3 is 4.74 Å². The quantitative estimate of drug-likeness (QED) is 0.422. The van der Waals surface area contributed by atoms with Crippen LogP contribution in [-0.4, -0.2) is 26.1 Å². The lowest BCUT2D eigenvalue weighted by atomic mass is 9.68. The van der Waals surface area contributed by atoms with Gasteiger partial charge in [-0.3, -0.25) is 0 Å². The van der Waals surface area contributed by atoms with Gasteiger partial charge in [0.1, 0.15) is 0 Å². The molecule has 1 atom stereocenters. The molecule has 0 bridgehead atoms. The maximum atomic E-state index is 13.8. The fourth-order valence-corrected chi connectivity index (χ4v) is 5.32. The van der Waals surface area contributed by atoms with Crippen LogP contribution in [0.1, 0.15) is 68.4 Å². The Kier molecular flexibility index (Phi) is 7.41. The Morgan fingerprint density at radius 3 is 1.80 bits per heavy atom. The number of methoxy groups -OCH3 is 1. The highest BCUT2D eigenvalue weighted by Crippen LogP contribution is 2.45. The van der Waals surface area contributed by atoms with Crippen LogP contribution in [0, 0.1) is 17.8 Å². The molecular weight excluding hydrogens is 406 g/mol. The molecule has 0 heterocycles. The van der Waals surface area contributed by atoms with Crippen molar-refractivity contribution < 1.29 is 31.1 Å². The predicted molar refractivity (Wildman–Crippen MR) is 103 cm³/mol. The first-order valence-electron chi connectivity index (χ1n) is 10.8. The topological polar surface area (TPSA) is 9.23 Å². The second-order valence-corrected chi connectivity index (χ2v) is 9.00. The summed E-state index contributed by atoms with van der Waals surface area (Å²) in [7, 11) is 1.74. The van der Waals surface area contributed by atoms with Crippen LogP contribution in [-0.2, 0) is 10.7 Å². The van der Waals surface area contributed by atoms with Gasteiger partial charge in [0.05, 0.1) is 0 Å². The molecule has 2 saturated carbocycles. The predicted octanol–water partition coefficient (Wildman–Crippen LogP) is 7.41. The molecule has 0 amide bonds. The Morgan fingerprint density at radius 2 is 1.33 bits per heavy atom. The smallest absolute Gasteiger partial charge is 0.384 e. The van der Waals surface area contributed by atoms with Crippen LogP contribution in [0.4, 0.5) is 26.3 Å². The molecule has 170 valence electrons. The molecule has 30 heavy (non-hydrogen) atoms. The Hall–Kier alpha value is -1.24. The van der Waals surface area contributed by atoms with Crippen molar-refractivity contribution in [2.75, 3.05) is 13.7 Å². The van der Waals surface area contributed by atoms with Crippen molar-refractivity contribution in [3.63, 3.8) is 0 Å². The van der Waals surface area contributed by atoms with Gasteiger partial charge >= 0.3 is 12.1 Å². The van der Waals surface area contributed by atoms with Crippen molar-refractivity contribution in [2.45, 2.75) is 75.6 Å². The maximum Gasteiger partial charge on any atom is 0.426 e. The van der Waals surface area contributed by atoms with Gasteiger partial charge in [-0.1, -0.05) is 24.3 Å². The summed E-state index contributed by atoms with van der Waals surface area (Å²) in [5.41, 5.74) is -0.0863. The van der Waals surface area contributed by atoms with Crippen molar-refractivity contribution in [3.8, 4) is 0 Å². The zero-order valence-corrected chi connectivity index (χ0v) is 17.2. The minimum absolute atomic E-state index is 0.220. The molecule has 0 saturated heterocycles. The van der Waals surface area contributed by atoms with E-state index in [0.29, 0.717) is 11.8 Å². The van der Waals surface area contributed by atoms with Crippen LogP contribution in [0.2, 0.25) is 0 Å². The van der Waals surface area contributed by atoms with E-state index in [1.54, 1.807) is 7.11 Å².